The van der Waals surface area contributed by atoms with E-state index in [1.165, 1.54) is 6.07 Å². The molecule has 0 amide bonds. The molecule has 6 nitrogen and oxygen atoms in total. The SMILES string of the molecule is Cc1noc(C)c1-c1cc(S(=O)(=O)CC2CC2)c2ccc(=O)[nH]c2c1. The van der Waals surface area contributed by atoms with E-state index in [4.69, 9.17) is 4.52 Å². The van der Waals surface area contributed by atoms with Crippen molar-refractivity contribution in [2.24, 2.45) is 5.92 Å². The Morgan fingerprint density at radius 2 is 2.00 bits per heavy atom. The minimum atomic E-state index is -3.45. The summed E-state index contributed by atoms with van der Waals surface area (Å²) in [5.74, 6) is 0.998. The third-order valence-electron chi connectivity index (χ3n) is 4.61. The average molecular weight is 358 g/mol. The third kappa shape index (κ3) is 2.89. The van der Waals surface area contributed by atoms with Crippen LogP contribution in [0.3, 0.4) is 0 Å². The van der Waals surface area contributed by atoms with Crippen LogP contribution in [0, 0.1) is 19.8 Å². The zero-order valence-corrected chi connectivity index (χ0v) is 14.8. The summed E-state index contributed by atoms with van der Waals surface area (Å²) in [5, 5.41) is 4.48. The molecule has 1 aliphatic rings. The highest BCUT2D eigenvalue weighted by Crippen LogP contribution is 2.36. The molecular formula is C18H18N2O4S. The molecule has 0 bridgehead atoms. The van der Waals surface area contributed by atoms with Gasteiger partial charge in [0.15, 0.2) is 9.84 Å². The number of sulfone groups is 1. The fourth-order valence-corrected chi connectivity index (χ4v) is 5.17. The number of fused-ring (bicyclic) bond motifs is 1. The molecule has 0 radical (unpaired) electrons. The second-order valence-electron chi connectivity index (χ2n) is 6.68. The molecule has 130 valence electrons. The van der Waals surface area contributed by atoms with Crippen molar-refractivity contribution >= 4 is 20.7 Å². The summed E-state index contributed by atoms with van der Waals surface area (Å²) in [6.45, 7) is 3.59. The second-order valence-corrected chi connectivity index (χ2v) is 8.68. The first-order chi connectivity index (χ1) is 11.8. The molecule has 7 heteroatoms. The number of benzene rings is 1. The molecule has 3 aromatic rings. The van der Waals surface area contributed by atoms with E-state index in [1.807, 2.05) is 6.92 Å². The molecule has 1 fully saturated rings. The van der Waals surface area contributed by atoms with Gasteiger partial charge in [0.05, 0.1) is 21.9 Å². The van der Waals surface area contributed by atoms with Crippen LogP contribution >= 0.6 is 0 Å². The highest BCUT2D eigenvalue weighted by atomic mass is 32.2. The van der Waals surface area contributed by atoms with E-state index in [1.54, 1.807) is 25.1 Å². The van der Waals surface area contributed by atoms with Crippen molar-refractivity contribution in [3.05, 3.63) is 46.1 Å². The van der Waals surface area contributed by atoms with Gasteiger partial charge in [-0.25, -0.2) is 8.42 Å². The second kappa shape index (κ2) is 5.56. The van der Waals surface area contributed by atoms with Crippen molar-refractivity contribution in [3.63, 3.8) is 0 Å². The lowest BCUT2D eigenvalue weighted by Gasteiger charge is -2.11. The number of rotatable bonds is 4. The Hall–Kier alpha value is -2.41. The molecule has 0 unspecified atom stereocenters. The van der Waals surface area contributed by atoms with Crippen LogP contribution in [0.5, 0.6) is 0 Å². The van der Waals surface area contributed by atoms with Crippen molar-refractivity contribution in [1.29, 1.82) is 0 Å². The first-order valence-electron chi connectivity index (χ1n) is 8.18. The lowest BCUT2D eigenvalue weighted by atomic mass is 10.0. The summed E-state index contributed by atoms with van der Waals surface area (Å²) >= 11 is 0. The zero-order chi connectivity index (χ0) is 17.8. The van der Waals surface area contributed by atoms with Crippen LogP contribution in [0.15, 0.2) is 38.5 Å². The van der Waals surface area contributed by atoms with Crippen molar-refractivity contribution < 1.29 is 12.9 Å². The van der Waals surface area contributed by atoms with Crippen molar-refractivity contribution in [1.82, 2.24) is 10.1 Å². The first kappa shape index (κ1) is 16.1. The Balaban J connectivity index is 2.01. The van der Waals surface area contributed by atoms with Crippen molar-refractivity contribution in [2.45, 2.75) is 31.6 Å². The van der Waals surface area contributed by atoms with Crippen LogP contribution in [0.1, 0.15) is 24.3 Å². The summed E-state index contributed by atoms with van der Waals surface area (Å²) in [7, 11) is -3.45. The standard InChI is InChI=1S/C18H18N2O4S/c1-10-18(11(2)24-20-10)13-7-15-14(5-6-17(21)19-15)16(8-13)25(22,23)9-12-3-4-12/h5-8,12H,3-4,9H2,1-2H3,(H,19,21). The fourth-order valence-electron chi connectivity index (χ4n) is 3.22. The lowest BCUT2D eigenvalue weighted by molar-refractivity contribution is 0.393. The van der Waals surface area contributed by atoms with Gasteiger partial charge in [-0.2, -0.15) is 0 Å². The Kier molecular flexibility index (Phi) is 3.57. The molecule has 0 saturated heterocycles. The smallest absolute Gasteiger partial charge is 0.248 e. The first-order valence-corrected chi connectivity index (χ1v) is 9.83. The van der Waals surface area contributed by atoms with E-state index in [-0.39, 0.29) is 22.1 Å². The summed E-state index contributed by atoms with van der Waals surface area (Å²) in [5.41, 5.74) is 2.35. The molecular weight excluding hydrogens is 340 g/mol. The number of aromatic amines is 1. The van der Waals surface area contributed by atoms with Crippen molar-refractivity contribution in [2.75, 3.05) is 5.75 Å². The maximum atomic E-state index is 12.9. The highest BCUT2D eigenvalue weighted by molar-refractivity contribution is 7.91. The molecule has 4 rings (SSSR count). The quantitative estimate of drug-likeness (QED) is 0.774. The average Bonchev–Trinajstić information content (AvgIpc) is 3.28. The Labute approximate surface area is 144 Å². The van der Waals surface area contributed by atoms with E-state index in [2.05, 4.69) is 10.1 Å². The molecule has 2 aromatic heterocycles. The Morgan fingerprint density at radius 1 is 1.24 bits per heavy atom. The molecule has 1 saturated carbocycles. The molecule has 0 aliphatic heterocycles. The Morgan fingerprint density at radius 3 is 2.64 bits per heavy atom. The topological polar surface area (TPSA) is 93.0 Å². The van der Waals surface area contributed by atoms with Gasteiger partial charge in [-0.3, -0.25) is 4.79 Å². The van der Waals surface area contributed by atoms with Crippen LogP contribution < -0.4 is 5.56 Å². The van der Waals surface area contributed by atoms with Gasteiger partial charge < -0.3 is 9.51 Å². The molecule has 2 heterocycles. The van der Waals surface area contributed by atoms with Crippen LogP contribution in [0.4, 0.5) is 0 Å². The van der Waals surface area contributed by atoms with Gasteiger partial charge in [0.25, 0.3) is 0 Å². The number of hydrogen-bond acceptors (Lipinski definition) is 5. The molecule has 25 heavy (non-hydrogen) atoms. The van der Waals surface area contributed by atoms with Crippen molar-refractivity contribution in [3.8, 4) is 11.1 Å². The van der Waals surface area contributed by atoms with Crippen LogP contribution in [0.25, 0.3) is 22.0 Å². The number of nitrogens with zero attached hydrogens (tertiary/aromatic N) is 1. The van der Waals surface area contributed by atoms with Gasteiger partial charge in [0.2, 0.25) is 5.56 Å². The molecule has 0 spiro atoms. The van der Waals surface area contributed by atoms with Gasteiger partial charge in [0, 0.05) is 17.0 Å². The maximum Gasteiger partial charge on any atom is 0.248 e. The number of aromatic nitrogens is 2. The van der Waals surface area contributed by atoms with E-state index in [0.29, 0.717) is 27.9 Å². The molecule has 1 aromatic carbocycles. The van der Waals surface area contributed by atoms with Gasteiger partial charge in [-0.1, -0.05) is 5.16 Å². The zero-order valence-electron chi connectivity index (χ0n) is 14.0. The predicted molar refractivity (Wildman–Crippen MR) is 94.3 cm³/mol. The van der Waals surface area contributed by atoms with Crippen LogP contribution in [-0.4, -0.2) is 24.3 Å². The van der Waals surface area contributed by atoms with E-state index < -0.39 is 9.84 Å². The maximum absolute atomic E-state index is 12.9. The molecule has 1 aliphatic carbocycles. The Bertz CT molecular complexity index is 1120. The number of nitrogens with one attached hydrogen (secondary N) is 1. The fraction of sp³-hybridized carbons (Fsp3) is 0.333. The van der Waals surface area contributed by atoms with Crippen LogP contribution in [-0.2, 0) is 9.84 Å². The summed E-state index contributed by atoms with van der Waals surface area (Å²) < 4.78 is 31.1. The van der Waals surface area contributed by atoms with E-state index in [0.717, 1.165) is 18.4 Å². The van der Waals surface area contributed by atoms with Gasteiger partial charge in [-0.05, 0) is 56.4 Å². The normalized spacial score (nSPS) is 15.0. The summed E-state index contributed by atoms with van der Waals surface area (Å²) in [6.07, 6.45) is 1.91. The van der Waals surface area contributed by atoms with E-state index in [9.17, 15) is 13.2 Å². The minimum Gasteiger partial charge on any atom is -0.361 e. The molecule has 1 N–H and O–H groups in total. The predicted octanol–water partition coefficient (Wildman–Crippen LogP) is 2.98. The van der Waals surface area contributed by atoms with E-state index >= 15 is 0 Å². The highest BCUT2D eigenvalue weighted by Gasteiger charge is 2.30. The monoisotopic (exact) mass is 358 g/mol. The molecule has 0 atom stereocenters. The van der Waals surface area contributed by atoms with Gasteiger partial charge in [0.1, 0.15) is 5.76 Å². The largest absolute Gasteiger partial charge is 0.361 e. The lowest BCUT2D eigenvalue weighted by Crippen LogP contribution is -2.11. The number of H-pyrrole nitrogens is 1. The summed E-state index contributed by atoms with van der Waals surface area (Å²) in [6, 6.07) is 6.38. The number of pyridine rings is 1. The van der Waals surface area contributed by atoms with Gasteiger partial charge >= 0.3 is 0 Å². The van der Waals surface area contributed by atoms with Gasteiger partial charge in [-0.15, -0.1) is 0 Å². The number of hydrogen-bond donors (Lipinski definition) is 1. The number of aryl methyl sites for hydroxylation is 2. The van der Waals surface area contributed by atoms with Crippen LogP contribution in [0.2, 0.25) is 0 Å². The minimum absolute atomic E-state index is 0.145. The third-order valence-corrected chi connectivity index (χ3v) is 6.53. The summed E-state index contributed by atoms with van der Waals surface area (Å²) in [4.78, 5) is 14.7.